The Bertz CT molecular complexity index is 578. The van der Waals surface area contributed by atoms with E-state index in [0.717, 1.165) is 5.56 Å². The number of nitrogens with one attached hydrogen (secondary N) is 1. The van der Waals surface area contributed by atoms with Crippen LogP contribution in [0.2, 0.25) is 0 Å². The summed E-state index contributed by atoms with van der Waals surface area (Å²) in [6, 6.07) is 8.31. The van der Waals surface area contributed by atoms with Crippen molar-refractivity contribution in [2.45, 2.75) is 31.6 Å². The van der Waals surface area contributed by atoms with Crippen molar-refractivity contribution in [1.82, 2.24) is 5.32 Å². The predicted octanol–water partition coefficient (Wildman–Crippen LogP) is 2.19. The quantitative estimate of drug-likeness (QED) is 0.802. The molecule has 1 aliphatic rings. The van der Waals surface area contributed by atoms with E-state index < -0.39 is 18.1 Å². The molecule has 8 heteroatoms. The number of ether oxygens (including phenoxy) is 2. The van der Waals surface area contributed by atoms with Crippen molar-refractivity contribution in [3.05, 3.63) is 35.9 Å². The highest BCUT2D eigenvalue weighted by atomic mass is 35.5. The van der Waals surface area contributed by atoms with E-state index in [9.17, 15) is 9.59 Å². The Morgan fingerprint density at radius 1 is 1.43 bits per heavy atom. The van der Waals surface area contributed by atoms with Gasteiger partial charge in [-0.05, 0) is 5.56 Å². The zero-order chi connectivity index (χ0) is 16.7. The molecule has 0 radical (unpaired) electrons. The summed E-state index contributed by atoms with van der Waals surface area (Å²) in [6.45, 7) is 0.107. The van der Waals surface area contributed by atoms with Crippen LogP contribution < -0.4 is 5.32 Å². The third-order valence-corrected chi connectivity index (χ3v) is 3.41. The fourth-order valence-electron chi connectivity index (χ4n) is 2.05. The molecule has 0 fully saturated rings. The van der Waals surface area contributed by atoms with Gasteiger partial charge in [0.1, 0.15) is 23.9 Å². The van der Waals surface area contributed by atoms with Gasteiger partial charge in [-0.1, -0.05) is 47.1 Å². The van der Waals surface area contributed by atoms with Crippen LogP contribution in [0, 0.1) is 0 Å². The minimum Gasteiger partial charge on any atom is -0.467 e. The summed E-state index contributed by atoms with van der Waals surface area (Å²) in [6.07, 6.45) is -0.530. The molecule has 1 aliphatic heterocycles. The third-order valence-electron chi connectivity index (χ3n) is 3.19. The van der Waals surface area contributed by atoms with Gasteiger partial charge in [0.05, 0.1) is 7.11 Å². The molecule has 124 valence electrons. The van der Waals surface area contributed by atoms with Crippen molar-refractivity contribution in [3.63, 3.8) is 0 Å². The van der Waals surface area contributed by atoms with Crippen LogP contribution in [-0.4, -0.2) is 36.5 Å². The summed E-state index contributed by atoms with van der Waals surface area (Å²) in [5.41, 5.74) is 0.844. The Hall–Kier alpha value is -2.28. The normalized spacial score (nSPS) is 17.7. The Morgan fingerprint density at radius 2 is 2.17 bits per heavy atom. The summed E-state index contributed by atoms with van der Waals surface area (Å²) in [4.78, 5) is 28.7. The zero-order valence-corrected chi connectivity index (χ0v) is 13.3. The van der Waals surface area contributed by atoms with Gasteiger partial charge in [0, 0.05) is 12.8 Å². The molecule has 0 bridgehead atoms. The van der Waals surface area contributed by atoms with Gasteiger partial charge in [-0.2, -0.15) is 0 Å². The van der Waals surface area contributed by atoms with Crippen molar-refractivity contribution >= 4 is 28.8 Å². The zero-order valence-electron chi connectivity index (χ0n) is 12.5. The molecule has 2 rings (SSSR count). The molecule has 1 aromatic carbocycles. The van der Waals surface area contributed by atoms with Gasteiger partial charge in [0.25, 0.3) is 0 Å². The first-order valence-corrected chi connectivity index (χ1v) is 7.39. The predicted molar refractivity (Wildman–Crippen MR) is 83.0 cm³/mol. The van der Waals surface area contributed by atoms with Crippen LogP contribution in [0.15, 0.2) is 35.5 Å². The van der Waals surface area contributed by atoms with Crippen LogP contribution in [0.5, 0.6) is 0 Å². The number of nitrogens with zero attached hydrogens (tertiary/aromatic N) is 1. The number of carbonyl (C=O) groups excluding carboxylic acids is 2. The van der Waals surface area contributed by atoms with Crippen LogP contribution in [0.3, 0.4) is 0 Å². The minimum atomic E-state index is -0.897. The Kier molecular flexibility index (Phi) is 6.22. The van der Waals surface area contributed by atoms with Gasteiger partial charge in [-0.3, -0.25) is 0 Å². The monoisotopic (exact) mass is 340 g/mol. The lowest BCUT2D eigenvalue weighted by Crippen LogP contribution is -2.43. The van der Waals surface area contributed by atoms with E-state index in [1.807, 2.05) is 30.3 Å². The maximum absolute atomic E-state index is 11.8. The largest absolute Gasteiger partial charge is 0.467 e. The molecule has 7 nitrogen and oxygen atoms in total. The van der Waals surface area contributed by atoms with Crippen LogP contribution in [-0.2, 0) is 25.7 Å². The van der Waals surface area contributed by atoms with Gasteiger partial charge >= 0.3 is 12.1 Å². The van der Waals surface area contributed by atoms with E-state index in [2.05, 4.69) is 15.2 Å². The standard InChI is InChI=1S/C15H17ClN2O5/c1-21-14(19)12(7-11-8-13(16)18-23-11)17-15(20)22-9-10-5-3-2-4-6-10/h2-6,11-12H,7-9H2,1H3,(H,17,20)/t11?,12-/m0/s1. The minimum absolute atomic E-state index is 0.107. The number of methoxy groups -OCH3 is 1. The van der Waals surface area contributed by atoms with Crippen molar-refractivity contribution in [2.24, 2.45) is 5.16 Å². The molecule has 0 saturated carbocycles. The van der Waals surface area contributed by atoms with Crippen molar-refractivity contribution in [1.29, 1.82) is 0 Å². The smallest absolute Gasteiger partial charge is 0.408 e. The number of alkyl carbamates (subject to hydrolysis) is 1. The second-order valence-corrected chi connectivity index (χ2v) is 5.35. The summed E-state index contributed by atoms with van der Waals surface area (Å²) in [5.74, 6) is -0.590. The summed E-state index contributed by atoms with van der Waals surface area (Å²) in [5, 5.41) is 6.39. The van der Waals surface area contributed by atoms with Gasteiger partial charge < -0.3 is 19.6 Å². The number of amides is 1. The topological polar surface area (TPSA) is 86.2 Å². The number of rotatable bonds is 6. The summed E-state index contributed by atoms with van der Waals surface area (Å²) >= 11 is 5.72. The molecule has 2 atom stereocenters. The van der Waals surface area contributed by atoms with Crippen molar-refractivity contribution < 1.29 is 23.9 Å². The number of oxime groups is 1. The van der Waals surface area contributed by atoms with Crippen molar-refractivity contribution in [3.8, 4) is 0 Å². The number of carbonyl (C=O) groups is 2. The molecule has 0 spiro atoms. The lowest BCUT2D eigenvalue weighted by atomic mass is 10.1. The lowest BCUT2D eigenvalue weighted by molar-refractivity contribution is -0.144. The number of hydrogen-bond acceptors (Lipinski definition) is 6. The van der Waals surface area contributed by atoms with E-state index in [-0.39, 0.29) is 19.1 Å². The number of benzene rings is 1. The summed E-state index contributed by atoms with van der Waals surface area (Å²) < 4.78 is 9.76. The number of hydrogen-bond donors (Lipinski definition) is 1. The first-order chi connectivity index (χ1) is 11.1. The highest BCUT2D eigenvalue weighted by Crippen LogP contribution is 2.18. The Labute approximate surface area is 138 Å². The van der Waals surface area contributed by atoms with E-state index >= 15 is 0 Å². The molecule has 1 N–H and O–H groups in total. The molecule has 0 aromatic heterocycles. The van der Waals surface area contributed by atoms with E-state index in [4.69, 9.17) is 21.2 Å². The molecule has 1 heterocycles. The second kappa shape index (κ2) is 8.38. The van der Waals surface area contributed by atoms with E-state index in [1.54, 1.807) is 0 Å². The van der Waals surface area contributed by atoms with Gasteiger partial charge in [-0.15, -0.1) is 0 Å². The average Bonchev–Trinajstić information content (AvgIpc) is 2.97. The molecular formula is C15H17ClN2O5. The van der Waals surface area contributed by atoms with Gasteiger partial charge in [0.15, 0.2) is 0 Å². The van der Waals surface area contributed by atoms with Gasteiger partial charge in [-0.25, -0.2) is 9.59 Å². The van der Waals surface area contributed by atoms with Crippen LogP contribution in [0.1, 0.15) is 18.4 Å². The molecule has 0 aliphatic carbocycles. The fourth-order valence-corrected chi connectivity index (χ4v) is 2.26. The number of halogens is 1. The highest BCUT2D eigenvalue weighted by molar-refractivity contribution is 6.65. The average molecular weight is 341 g/mol. The molecule has 23 heavy (non-hydrogen) atoms. The molecule has 1 amide bonds. The third kappa shape index (κ3) is 5.45. The molecule has 1 aromatic rings. The second-order valence-electron chi connectivity index (χ2n) is 4.92. The molecular weight excluding hydrogens is 324 g/mol. The number of esters is 1. The maximum atomic E-state index is 11.8. The van der Waals surface area contributed by atoms with Crippen molar-refractivity contribution in [2.75, 3.05) is 7.11 Å². The van der Waals surface area contributed by atoms with Gasteiger partial charge in [0.2, 0.25) is 0 Å². The SMILES string of the molecule is COC(=O)[C@H](CC1CC(Cl)=NO1)NC(=O)OCc1ccccc1. The fraction of sp³-hybridized carbons (Fsp3) is 0.400. The van der Waals surface area contributed by atoms with E-state index in [0.29, 0.717) is 11.6 Å². The summed E-state index contributed by atoms with van der Waals surface area (Å²) in [7, 11) is 1.24. The van der Waals surface area contributed by atoms with Crippen LogP contribution in [0.4, 0.5) is 4.79 Å². The van der Waals surface area contributed by atoms with Crippen LogP contribution >= 0.6 is 11.6 Å². The first kappa shape index (κ1) is 17.1. The Morgan fingerprint density at radius 3 is 2.78 bits per heavy atom. The van der Waals surface area contributed by atoms with Crippen LogP contribution in [0.25, 0.3) is 0 Å². The Balaban J connectivity index is 1.84. The highest BCUT2D eigenvalue weighted by Gasteiger charge is 2.30. The molecule has 1 unspecified atom stereocenters. The molecule has 0 saturated heterocycles. The first-order valence-electron chi connectivity index (χ1n) is 7.01. The maximum Gasteiger partial charge on any atom is 0.408 e. The lowest BCUT2D eigenvalue weighted by Gasteiger charge is -2.18. The van der Waals surface area contributed by atoms with E-state index in [1.165, 1.54) is 7.11 Å².